The number of carbonyl (C=O) groups excluding carboxylic acids is 1. The lowest BCUT2D eigenvalue weighted by atomic mass is 10.3. The van der Waals surface area contributed by atoms with Gasteiger partial charge < -0.3 is 24.6 Å². The Balaban J connectivity index is 0.000000612. The van der Waals surface area contributed by atoms with E-state index >= 15 is 0 Å². The number of carbonyl (C=O) groups is 3. The molecule has 1 amide bonds. The summed E-state index contributed by atoms with van der Waals surface area (Å²) < 4.78 is 35.5. The number of aliphatic carboxylic acids is 2. The van der Waals surface area contributed by atoms with E-state index in [1.807, 2.05) is 0 Å². The third-order valence-electron chi connectivity index (χ3n) is 3.95. The minimum Gasteiger partial charge on any atom is -0.497 e. The molecule has 1 saturated heterocycles. The first-order chi connectivity index (χ1) is 13.6. The fourth-order valence-electron chi connectivity index (χ4n) is 2.31. The quantitative estimate of drug-likeness (QED) is 0.579. The second kappa shape index (κ2) is 11.2. The van der Waals surface area contributed by atoms with Crippen molar-refractivity contribution >= 4 is 27.9 Å². The molecule has 1 aromatic carbocycles. The number of carboxylic acid groups (broad SMARTS) is 2. The highest BCUT2D eigenvalue weighted by Gasteiger charge is 2.27. The smallest absolute Gasteiger partial charge is 0.414 e. The van der Waals surface area contributed by atoms with Gasteiger partial charge in [0.15, 0.2) is 6.61 Å². The van der Waals surface area contributed by atoms with Crippen molar-refractivity contribution in [2.75, 3.05) is 45.6 Å². The van der Waals surface area contributed by atoms with Gasteiger partial charge in [-0.3, -0.25) is 4.79 Å². The molecule has 1 heterocycles. The van der Waals surface area contributed by atoms with Crippen LogP contribution in [0.15, 0.2) is 24.3 Å². The fourth-order valence-corrected chi connectivity index (χ4v) is 3.39. The Kier molecular flexibility index (Phi) is 9.35. The minimum atomic E-state index is -3.18. The Bertz CT molecular complexity index is 789. The Morgan fingerprint density at radius 3 is 1.86 bits per heavy atom. The zero-order chi connectivity index (χ0) is 22.0. The average molecular weight is 432 g/mol. The topological polar surface area (TPSA) is 151 Å². The maximum Gasteiger partial charge on any atom is 0.414 e. The van der Waals surface area contributed by atoms with E-state index in [2.05, 4.69) is 0 Å². The van der Waals surface area contributed by atoms with Crippen molar-refractivity contribution in [2.45, 2.75) is 6.92 Å². The molecule has 0 aliphatic carbocycles. The fraction of sp³-hybridized carbons (Fsp3) is 0.471. The van der Waals surface area contributed by atoms with E-state index < -0.39 is 22.0 Å². The van der Waals surface area contributed by atoms with Gasteiger partial charge in [-0.05, 0) is 31.2 Å². The Hall–Kier alpha value is -2.86. The number of benzene rings is 1. The van der Waals surface area contributed by atoms with Crippen molar-refractivity contribution in [1.82, 2.24) is 9.21 Å². The monoisotopic (exact) mass is 432 g/mol. The number of amides is 1. The first-order valence-corrected chi connectivity index (χ1v) is 10.2. The SMILES string of the molecule is CCS(=O)(=O)N1CCN(C(=O)COc2ccc(OC)cc2)CC1.O=C(O)C(=O)O. The second-order valence-corrected chi connectivity index (χ2v) is 8.01. The van der Waals surface area contributed by atoms with Crippen molar-refractivity contribution in [2.24, 2.45) is 0 Å². The largest absolute Gasteiger partial charge is 0.497 e. The summed E-state index contributed by atoms with van der Waals surface area (Å²) in [7, 11) is -1.60. The maximum atomic E-state index is 12.1. The van der Waals surface area contributed by atoms with Gasteiger partial charge >= 0.3 is 11.9 Å². The molecule has 12 heteroatoms. The van der Waals surface area contributed by atoms with Gasteiger partial charge in [-0.2, -0.15) is 4.31 Å². The summed E-state index contributed by atoms with van der Waals surface area (Å²) in [4.78, 5) is 32.0. The summed E-state index contributed by atoms with van der Waals surface area (Å²) in [6.45, 7) is 3.02. The number of ether oxygens (including phenoxy) is 2. The third-order valence-corrected chi connectivity index (χ3v) is 5.84. The van der Waals surface area contributed by atoms with Gasteiger partial charge in [0.2, 0.25) is 10.0 Å². The lowest BCUT2D eigenvalue weighted by Gasteiger charge is -2.33. The Labute approximate surface area is 168 Å². The third kappa shape index (κ3) is 7.95. The van der Waals surface area contributed by atoms with Gasteiger partial charge in [-0.25, -0.2) is 18.0 Å². The first-order valence-electron chi connectivity index (χ1n) is 8.59. The zero-order valence-electron chi connectivity index (χ0n) is 16.1. The van der Waals surface area contributed by atoms with E-state index in [4.69, 9.17) is 29.3 Å². The van der Waals surface area contributed by atoms with Gasteiger partial charge in [0.25, 0.3) is 5.91 Å². The molecule has 1 aliphatic rings. The van der Waals surface area contributed by atoms with Gasteiger partial charge in [-0.1, -0.05) is 0 Å². The number of carboxylic acids is 2. The van der Waals surface area contributed by atoms with Crippen LogP contribution in [-0.4, -0.2) is 91.3 Å². The number of rotatable bonds is 6. The molecule has 2 rings (SSSR count). The zero-order valence-corrected chi connectivity index (χ0v) is 16.9. The summed E-state index contributed by atoms with van der Waals surface area (Å²) >= 11 is 0. The molecule has 0 radical (unpaired) electrons. The van der Waals surface area contributed by atoms with Crippen LogP contribution in [0.5, 0.6) is 11.5 Å². The van der Waals surface area contributed by atoms with Crippen LogP contribution in [0.3, 0.4) is 0 Å². The molecule has 1 aromatic rings. The predicted molar refractivity (Wildman–Crippen MR) is 101 cm³/mol. The lowest BCUT2D eigenvalue weighted by Crippen LogP contribution is -2.51. The first kappa shape index (κ1) is 24.2. The van der Waals surface area contributed by atoms with Crippen molar-refractivity contribution in [3.8, 4) is 11.5 Å². The molecule has 2 N–H and O–H groups in total. The van der Waals surface area contributed by atoms with E-state index in [0.717, 1.165) is 5.75 Å². The number of sulfonamides is 1. The van der Waals surface area contributed by atoms with Gasteiger partial charge in [0.1, 0.15) is 11.5 Å². The summed E-state index contributed by atoms with van der Waals surface area (Å²) in [6.07, 6.45) is 0. The predicted octanol–water partition coefficient (Wildman–Crippen LogP) is -0.276. The van der Waals surface area contributed by atoms with E-state index in [9.17, 15) is 13.2 Å². The van der Waals surface area contributed by atoms with Crippen molar-refractivity contribution in [3.63, 3.8) is 0 Å². The normalized spacial score (nSPS) is 14.3. The molecule has 1 aliphatic heterocycles. The van der Waals surface area contributed by atoms with Crippen LogP contribution in [0.1, 0.15) is 6.92 Å². The summed E-state index contributed by atoms with van der Waals surface area (Å²) in [5.41, 5.74) is 0. The number of piperazine rings is 1. The van der Waals surface area contributed by atoms with Crippen molar-refractivity contribution in [3.05, 3.63) is 24.3 Å². The molecule has 1 fully saturated rings. The van der Waals surface area contributed by atoms with Crippen LogP contribution < -0.4 is 9.47 Å². The average Bonchev–Trinajstić information content (AvgIpc) is 2.72. The molecule has 162 valence electrons. The van der Waals surface area contributed by atoms with Gasteiger partial charge in [-0.15, -0.1) is 0 Å². The summed E-state index contributed by atoms with van der Waals surface area (Å²) in [5, 5.41) is 14.8. The summed E-state index contributed by atoms with van der Waals surface area (Å²) in [5.74, 6) is -2.40. The van der Waals surface area contributed by atoms with Crippen LogP contribution in [0.4, 0.5) is 0 Å². The minimum absolute atomic E-state index is 0.0626. The molecular formula is C17H24N2O9S. The highest BCUT2D eigenvalue weighted by atomic mass is 32.2. The number of hydrogen-bond donors (Lipinski definition) is 2. The molecule has 0 bridgehead atoms. The van der Waals surface area contributed by atoms with Gasteiger partial charge in [0, 0.05) is 26.2 Å². The van der Waals surface area contributed by atoms with Crippen LogP contribution >= 0.6 is 0 Å². The molecule has 29 heavy (non-hydrogen) atoms. The molecule has 0 saturated carbocycles. The van der Waals surface area contributed by atoms with Crippen LogP contribution in [0.2, 0.25) is 0 Å². The van der Waals surface area contributed by atoms with E-state index in [0.29, 0.717) is 31.9 Å². The Morgan fingerprint density at radius 2 is 1.45 bits per heavy atom. The van der Waals surface area contributed by atoms with Crippen molar-refractivity contribution < 1.29 is 42.5 Å². The molecular weight excluding hydrogens is 408 g/mol. The number of nitrogens with zero attached hydrogens (tertiary/aromatic N) is 2. The highest BCUT2D eigenvalue weighted by molar-refractivity contribution is 7.89. The molecule has 0 unspecified atom stereocenters. The van der Waals surface area contributed by atoms with Gasteiger partial charge in [0.05, 0.1) is 12.9 Å². The molecule has 0 aromatic heterocycles. The standard InChI is InChI=1S/C15H22N2O5S.C2H2O4/c1-3-23(19,20)17-10-8-16(9-11-17)15(18)12-22-14-6-4-13(21-2)5-7-14;3-1(4)2(5)6/h4-7H,3,8-12H2,1-2H3;(H,3,4)(H,5,6). The lowest BCUT2D eigenvalue weighted by molar-refractivity contribution is -0.159. The van der Waals surface area contributed by atoms with Crippen molar-refractivity contribution in [1.29, 1.82) is 0 Å². The summed E-state index contributed by atoms with van der Waals surface area (Å²) in [6, 6.07) is 6.98. The molecule has 11 nitrogen and oxygen atoms in total. The number of hydrogen-bond acceptors (Lipinski definition) is 7. The second-order valence-electron chi connectivity index (χ2n) is 5.75. The van der Waals surface area contributed by atoms with E-state index in [-0.39, 0.29) is 18.3 Å². The molecule has 0 atom stereocenters. The molecule has 0 spiro atoms. The Morgan fingerprint density at radius 1 is 0.966 bits per heavy atom. The van der Waals surface area contributed by atoms with Crippen LogP contribution in [0.25, 0.3) is 0 Å². The van der Waals surface area contributed by atoms with Crippen LogP contribution in [0, 0.1) is 0 Å². The highest BCUT2D eigenvalue weighted by Crippen LogP contribution is 2.17. The maximum absolute atomic E-state index is 12.1. The van der Waals surface area contributed by atoms with E-state index in [1.165, 1.54) is 4.31 Å². The number of methoxy groups -OCH3 is 1. The van der Waals surface area contributed by atoms with Crippen LogP contribution in [-0.2, 0) is 24.4 Å². The van der Waals surface area contributed by atoms with E-state index in [1.54, 1.807) is 43.2 Å².